The van der Waals surface area contributed by atoms with E-state index in [4.69, 9.17) is 23.2 Å². The first-order chi connectivity index (χ1) is 9.61. The van der Waals surface area contributed by atoms with Crippen molar-refractivity contribution < 1.29 is 4.39 Å². The van der Waals surface area contributed by atoms with Gasteiger partial charge in [-0.25, -0.2) is 4.39 Å². The third kappa shape index (κ3) is 3.72. The number of likely N-dealkylation sites (N-methyl/N-ethyl adjacent to an activating group) is 1. The minimum atomic E-state index is -0.276. The van der Waals surface area contributed by atoms with Crippen LogP contribution in [0.5, 0.6) is 0 Å². The van der Waals surface area contributed by atoms with Crippen LogP contribution < -0.4 is 5.32 Å². The van der Waals surface area contributed by atoms with Crippen molar-refractivity contribution in [3.05, 3.63) is 69.5 Å². The summed E-state index contributed by atoms with van der Waals surface area (Å²) in [4.78, 5) is 0. The van der Waals surface area contributed by atoms with E-state index in [1.165, 1.54) is 6.07 Å². The highest BCUT2D eigenvalue weighted by Gasteiger charge is 2.16. The lowest BCUT2D eigenvalue weighted by Gasteiger charge is -2.19. The predicted molar refractivity (Wildman–Crippen MR) is 83.0 cm³/mol. The molecule has 4 heteroatoms. The average molecular weight is 312 g/mol. The maximum absolute atomic E-state index is 13.9. The van der Waals surface area contributed by atoms with Crippen molar-refractivity contribution in [2.75, 3.05) is 6.54 Å². The van der Waals surface area contributed by atoms with Crippen LogP contribution in [0.15, 0.2) is 42.5 Å². The number of halogens is 3. The topological polar surface area (TPSA) is 12.0 Å². The van der Waals surface area contributed by atoms with Crippen molar-refractivity contribution in [2.45, 2.75) is 19.4 Å². The molecule has 0 fully saturated rings. The Bertz CT molecular complexity index is 566. The van der Waals surface area contributed by atoms with E-state index in [1.807, 2.05) is 31.2 Å². The van der Waals surface area contributed by atoms with E-state index in [9.17, 15) is 4.39 Å². The van der Waals surface area contributed by atoms with Gasteiger partial charge >= 0.3 is 0 Å². The van der Waals surface area contributed by atoms with Gasteiger partial charge in [-0.05, 0) is 42.8 Å². The van der Waals surface area contributed by atoms with Crippen molar-refractivity contribution in [2.24, 2.45) is 0 Å². The van der Waals surface area contributed by atoms with E-state index in [1.54, 1.807) is 12.1 Å². The third-order valence-electron chi connectivity index (χ3n) is 3.17. The zero-order chi connectivity index (χ0) is 14.5. The molecule has 1 nitrogen and oxygen atoms in total. The summed E-state index contributed by atoms with van der Waals surface area (Å²) in [6.07, 6.45) is 0.486. The summed E-state index contributed by atoms with van der Waals surface area (Å²) >= 11 is 12.1. The Kier molecular flexibility index (Phi) is 5.41. The van der Waals surface area contributed by atoms with E-state index < -0.39 is 0 Å². The Hall–Kier alpha value is -1.09. The number of benzene rings is 2. The van der Waals surface area contributed by atoms with Gasteiger partial charge in [0.25, 0.3) is 0 Å². The maximum atomic E-state index is 13.9. The number of rotatable bonds is 5. The first-order valence-corrected chi connectivity index (χ1v) is 7.29. The van der Waals surface area contributed by atoms with Gasteiger partial charge in [-0.3, -0.25) is 0 Å². The maximum Gasteiger partial charge on any atom is 0.127 e. The van der Waals surface area contributed by atoms with E-state index in [0.717, 1.165) is 12.1 Å². The Labute approximate surface area is 128 Å². The second kappa shape index (κ2) is 7.07. The van der Waals surface area contributed by atoms with Crippen LogP contribution >= 0.6 is 23.2 Å². The Balaban J connectivity index is 2.30. The van der Waals surface area contributed by atoms with Crippen LogP contribution in [0, 0.1) is 5.82 Å². The number of hydrogen-bond acceptors (Lipinski definition) is 1. The van der Waals surface area contributed by atoms with E-state index >= 15 is 0 Å². The van der Waals surface area contributed by atoms with Crippen LogP contribution in [0.25, 0.3) is 0 Å². The SMILES string of the molecule is CCNC(Cc1c(F)cccc1Cl)c1cccc(Cl)c1. The molecule has 1 N–H and O–H groups in total. The number of hydrogen-bond donors (Lipinski definition) is 1. The van der Waals surface area contributed by atoms with Crippen molar-refractivity contribution >= 4 is 23.2 Å². The van der Waals surface area contributed by atoms with Crippen LogP contribution in [-0.2, 0) is 6.42 Å². The average Bonchev–Trinajstić information content (AvgIpc) is 2.42. The lowest BCUT2D eigenvalue weighted by molar-refractivity contribution is 0.528. The quantitative estimate of drug-likeness (QED) is 0.817. The summed E-state index contributed by atoms with van der Waals surface area (Å²) in [6, 6.07) is 12.3. The minimum Gasteiger partial charge on any atom is -0.310 e. The molecule has 0 amide bonds. The van der Waals surface area contributed by atoms with Gasteiger partial charge in [-0.15, -0.1) is 0 Å². The standard InChI is InChI=1S/C16H16Cl2FN/c1-2-20-16(11-5-3-6-12(17)9-11)10-13-14(18)7-4-8-15(13)19/h3-9,16,20H,2,10H2,1H3. The fourth-order valence-corrected chi connectivity index (χ4v) is 2.65. The summed E-state index contributed by atoms with van der Waals surface area (Å²) in [5.41, 5.74) is 1.55. The second-order valence-electron chi connectivity index (χ2n) is 4.57. The highest BCUT2D eigenvalue weighted by Crippen LogP contribution is 2.27. The smallest absolute Gasteiger partial charge is 0.127 e. The normalized spacial score (nSPS) is 12.4. The second-order valence-corrected chi connectivity index (χ2v) is 5.41. The Morgan fingerprint density at radius 1 is 1.15 bits per heavy atom. The van der Waals surface area contributed by atoms with Gasteiger partial charge in [0.2, 0.25) is 0 Å². The lowest BCUT2D eigenvalue weighted by Crippen LogP contribution is -2.23. The molecule has 0 heterocycles. The summed E-state index contributed by atoms with van der Waals surface area (Å²) in [7, 11) is 0. The van der Waals surface area contributed by atoms with Crippen molar-refractivity contribution in [1.29, 1.82) is 0 Å². The van der Waals surface area contributed by atoms with E-state index in [2.05, 4.69) is 5.32 Å². The van der Waals surface area contributed by atoms with Crippen LogP contribution in [0.2, 0.25) is 10.0 Å². The molecule has 2 aromatic carbocycles. The molecule has 0 aromatic heterocycles. The number of nitrogens with one attached hydrogen (secondary N) is 1. The molecular weight excluding hydrogens is 296 g/mol. The van der Waals surface area contributed by atoms with Gasteiger partial charge in [0, 0.05) is 21.7 Å². The van der Waals surface area contributed by atoms with Gasteiger partial charge in [-0.1, -0.05) is 48.3 Å². The van der Waals surface area contributed by atoms with Crippen LogP contribution in [0.1, 0.15) is 24.1 Å². The lowest BCUT2D eigenvalue weighted by atomic mass is 9.98. The van der Waals surface area contributed by atoms with E-state index in [-0.39, 0.29) is 11.9 Å². The van der Waals surface area contributed by atoms with Crippen LogP contribution in [0.4, 0.5) is 4.39 Å². The molecule has 0 aliphatic heterocycles. The molecule has 20 heavy (non-hydrogen) atoms. The van der Waals surface area contributed by atoms with Gasteiger partial charge < -0.3 is 5.32 Å². The summed E-state index contributed by atoms with van der Waals surface area (Å²) in [6.45, 7) is 2.80. The highest BCUT2D eigenvalue weighted by molar-refractivity contribution is 6.31. The van der Waals surface area contributed by atoms with E-state index in [0.29, 0.717) is 22.0 Å². The van der Waals surface area contributed by atoms with Gasteiger partial charge in [0.05, 0.1) is 0 Å². The Morgan fingerprint density at radius 2 is 1.90 bits per heavy atom. The van der Waals surface area contributed by atoms with Gasteiger partial charge in [-0.2, -0.15) is 0 Å². The largest absolute Gasteiger partial charge is 0.310 e. The van der Waals surface area contributed by atoms with Crippen LogP contribution in [-0.4, -0.2) is 6.54 Å². The van der Waals surface area contributed by atoms with Gasteiger partial charge in [0.15, 0.2) is 0 Å². The molecule has 0 aliphatic carbocycles. The first kappa shape index (κ1) is 15.3. The summed E-state index contributed by atoms with van der Waals surface area (Å²) < 4.78 is 13.9. The van der Waals surface area contributed by atoms with Gasteiger partial charge in [0.1, 0.15) is 5.82 Å². The summed E-state index contributed by atoms with van der Waals surface area (Å²) in [5, 5.41) is 4.47. The molecule has 0 bridgehead atoms. The molecule has 0 saturated carbocycles. The molecule has 0 saturated heterocycles. The highest BCUT2D eigenvalue weighted by atomic mass is 35.5. The fraction of sp³-hybridized carbons (Fsp3) is 0.250. The first-order valence-electron chi connectivity index (χ1n) is 6.53. The molecule has 2 rings (SSSR count). The predicted octanol–water partition coefficient (Wildman–Crippen LogP) is 5.03. The van der Waals surface area contributed by atoms with Crippen molar-refractivity contribution in [1.82, 2.24) is 5.32 Å². The zero-order valence-corrected chi connectivity index (χ0v) is 12.7. The van der Waals surface area contributed by atoms with Crippen LogP contribution in [0.3, 0.4) is 0 Å². The van der Waals surface area contributed by atoms with Crippen molar-refractivity contribution in [3.8, 4) is 0 Å². The fourth-order valence-electron chi connectivity index (χ4n) is 2.21. The summed E-state index contributed by atoms with van der Waals surface area (Å²) in [5.74, 6) is -0.276. The molecule has 0 spiro atoms. The third-order valence-corrected chi connectivity index (χ3v) is 3.76. The minimum absolute atomic E-state index is 0.0203. The molecule has 2 aromatic rings. The monoisotopic (exact) mass is 311 g/mol. The molecule has 106 valence electrons. The molecule has 0 aliphatic rings. The Morgan fingerprint density at radius 3 is 2.55 bits per heavy atom. The molecular formula is C16H16Cl2FN. The molecule has 1 atom stereocenters. The molecule has 1 unspecified atom stereocenters. The van der Waals surface area contributed by atoms with Crippen molar-refractivity contribution in [3.63, 3.8) is 0 Å². The zero-order valence-electron chi connectivity index (χ0n) is 11.2. The molecule has 0 radical (unpaired) electrons.